The summed E-state index contributed by atoms with van der Waals surface area (Å²) >= 11 is 0. The summed E-state index contributed by atoms with van der Waals surface area (Å²) in [6.45, 7) is 3.46. The second kappa shape index (κ2) is 5.57. The van der Waals surface area contributed by atoms with Crippen LogP contribution in [-0.4, -0.2) is 23.7 Å². The molecule has 4 heteroatoms. The highest BCUT2D eigenvalue weighted by Gasteiger charge is 2.07. The second-order valence-electron chi connectivity index (χ2n) is 2.83. The van der Waals surface area contributed by atoms with Crippen molar-refractivity contribution in [3.63, 3.8) is 0 Å². The molecule has 0 aliphatic heterocycles. The predicted molar refractivity (Wildman–Crippen MR) is 42.7 cm³/mol. The minimum Gasteiger partial charge on any atom is -0.481 e. The van der Waals surface area contributed by atoms with Crippen molar-refractivity contribution >= 4 is 11.9 Å². The van der Waals surface area contributed by atoms with Gasteiger partial charge in [0.15, 0.2) is 0 Å². The summed E-state index contributed by atoms with van der Waals surface area (Å²) in [5.74, 6) is -1.08. The molecule has 0 amide bonds. The fraction of sp³-hybridized carbons (Fsp3) is 0.750. The molecule has 0 fully saturated rings. The molecule has 12 heavy (non-hydrogen) atoms. The first-order valence-corrected chi connectivity index (χ1v) is 3.87. The molecule has 0 aliphatic rings. The normalized spacial score (nSPS) is 12.2. The van der Waals surface area contributed by atoms with Gasteiger partial charge in [0.25, 0.3) is 0 Å². The Bertz CT molecular complexity index is 164. The average molecular weight is 174 g/mol. The van der Waals surface area contributed by atoms with Gasteiger partial charge in [-0.25, -0.2) is 0 Å². The number of carbonyl (C=O) groups excluding carboxylic acids is 1. The summed E-state index contributed by atoms with van der Waals surface area (Å²) in [6, 6.07) is 0. The fourth-order valence-electron chi connectivity index (χ4n) is 0.804. The molecule has 0 heterocycles. The number of hydrogen-bond donors (Lipinski definition) is 1. The van der Waals surface area contributed by atoms with Gasteiger partial charge < -0.3 is 9.84 Å². The van der Waals surface area contributed by atoms with Gasteiger partial charge in [-0.3, -0.25) is 9.59 Å². The Balaban J connectivity index is 3.37. The molecule has 70 valence electrons. The number of carboxylic acid groups (broad SMARTS) is 1. The van der Waals surface area contributed by atoms with Crippen molar-refractivity contribution in [2.24, 2.45) is 5.92 Å². The Kier molecular flexibility index (Phi) is 5.08. The van der Waals surface area contributed by atoms with Crippen LogP contribution in [0.2, 0.25) is 0 Å². The first-order valence-electron chi connectivity index (χ1n) is 3.87. The zero-order chi connectivity index (χ0) is 9.56. The van der Waals surface area contributed by atoms with E-state index in [1.807, 2.05) is 6.92 Å². The van der Waals surface area contributed by atoms with E-state index >= 15 is 0 Å². The average Bonchev–Trinajstić information content (AvgIpc) is 1.84. The molecule has 0 spiro atoms. The van der Waals surface area contributed by atoms with Gasteiger partial charge in [-0.15, -0.1) is 0 Å². The van der Waals surface area contributed by atoms with Crippen LogP contribution < -0.4 is 0 Å². The van der Waals surface area contributed by atoms with E-state index in [0.29, 0.717) is 13.0 Å². The lowest BCUT2D eigenvalue weighted by molar-refractivity contribution is -0.141. The van der Waals surface area contributed by atoms with Crippen LogP contribution in [0.1, 0.15) is 26.7 Å². The summed E-state index contributed by atoms with van der Waals surface area (Å²) in [5.41, 5.74) is 0. The van der Waals surface area contributed by atoms with Crippen molar-refractivity contribution in [1.82, 2.24) is 0 Å². The minimum absolute atomic E-state index is 0.0573. The van der Waals surface area contributed by atoms with Gasteiger partial charge in [-0.2, -0.15) is 0 Å². The molecule has 1 N–H and O–H groups in total. The van der Waals surface area contributed by atoms with Gasteiger partial charge in [0.1, 0.15) is 0 Å². The Morgan fingerprint density at radius 1 is 1.50 bits per heavy atom. The number of rotatable bonds is 5. The van der Waals surface area contributed by atoms with Crippen molar-refractivity contribution in [1.29, 1.82) is 0 Å². The van der Waals surface area contributed by atoms with Crippen molar-refractivity contribution < 1.29 is 19.4 Å². The summed E-state index contributed by atoms with van der Waals surface area (Å²) in [6.07, 6.45) is 0.729. The van der Waals surface area contributed by atoms with E-state index in [-0.39, 0.29) is 18.3 Å². The predicted octanol–water partition coefficient (Wildman–Crippen LogP) is 1.05. The smallest absolute Gasteiger partial charge is 0.303 e. The quantitative estimate of drug-likeness (QED) is 0.633. The van der Waals surface area contributed by atoms with E-state index in [9.17, 15) is 9.59 Å². The largest absolute Gasteiger partial charge is 0.481 e. The maximum absolute atomic E-state index is 10.3. The zero-order valence-electron chi connectivity index (χ0n) is 7.37. The van der Waals surface area contributed by atoms with Crippen LogP contribution in [0.4, 0.5) is 0 Å². The van der Waals surface area contributed by atoms with Crippen molar-refractivity contribution in [2.75, 3.05) is 6.61 Å². The molecule has 0 radical (unpaired) electrons. The van der Waals surface area contributed by atoms with Gasteiger partial charge in [-0.1, -0.05) is 6.92 Å². The number of aliphatic carboxylic acids is 1. The maximum Gasteiger partial charge on any atom is 0.303 e. The fourth-order valence-corrected chi connectivity index (χ4v) is 0.804. The van der Waals surface area contributed by atoms with Crippen LogP contribution in [0.3, 0.4) is 0 Å². The van der Waals surface area contributed by atoms with Crippen molar-refractivity contribution in [3.8, 4) is 0 Å². The van der Waals surface area contributed by atoms with E-state index in [4.69, 9.17) is 5.11 Å². The Morgan fingerprint density at radius 3 is 2.50 bits per heavy atom. The van der Waals surface area contributed by atoms with Crippen LogP contribution in [0, 0.1) is 5.92 Å². The number of esters is 1. The lowest BCUT2D eigenvalue weighted by atomic mass is 10.1. The van der Waals surface area contributed by atoms with Gasteiger partial charge >= 0.3 is 11.9 Å². The second-order valence-corrected chi connectivity index (χ2v) is 2.83. The molecular weight excluding hydrogens is 160 g/mol. The van der Waals surface area contributed by atoms with Gasteiger partial charge in [0, 0.05) is 13.3 Å². The van der Waals surface area contributed by atoms with Gasteiger partial charge in [-0.05, 0) is 12.3 Å². The zero-order valence-corrected chi connectivity index (χ0v) is 7.37. The molecule has 0 saturated heterocycles. The van der Waals surface area contributed by atoms with Crippen molar-refractivity contribution in [3.05, 3.63) is 0 Å². The van der Waals surface area contributed by atoms with E-state index in [1.165, 1.54) is 6.92 Å². The SMILES string of the molecule is CC(=O)OCC[C@H](C)CC(=O)O. The third-order valence-electron chi connectivity index (χ3n) is 1.44. The number of hydrogen-bond acceptors (Lipinski definition) is 3. The van der Waals surface area contributed by atoms with E-state index in [1.54, 1.807) is 0 Å². The Hall–Kier alpha value is -1.06. The highest BCUT2D eigenvalue weighted by atomic mass is 16.5. The van der Waals surface area contributed by atoms with Crippen LogP contribution in [0.5, 0.6) is 0 Å². The topological polar surface area (TPSA) is 63.6 Å². The van der Waals surface area contributed by atoms with Crippen molar-refractivity contribution in [2.45, 2.75) is 26.7 Å². The lowest BCUT2D eigenvalue weighted by Gasteiger charge is -2.07. The summed E-state index contributed by atoms with van der Waals surface area (Å²) in [4.78, 5) is 20.5. The molecule has 0 saturated carbocycles. The van der Waals surface area contributed by atoms with E-state index in [2.05, 4.69) is 4.74 Å². The molecule has 0 unspecified atom stereocenters. The summed E-state index contributed by atoms with van der Waals surface area (Å²) in [5, 5.41) is 8.38. The third kappa shape index (κ3) is 7.05. The molecule has 0 bridgehead atoms. The number of carbonyl (C=O) groups is 2. The van der Waals surface area contributed by atoms with Crippen LogP contribution in [0.25, 0.3) is 0 Å². The summed E-state index contributed by atoms with van der Waals surface area (Å²) < 4.78 is 4.66. The molecule has 0 aromatic heterocycles. The third-order valence-corrected chi connectivity index (χ3v) is 1.44. The summed E-state index contributed by atoms with van der Waals surface area (Å²) in [7, 11) is 0. The molecular formula is C8H14O4. The number of ether oxygens (including phenoxy) is 1. The van der Waals surface area contributed by atoms with E-state index < -0.39 is 5.97 Å². The molecule has 0 aromatic carbocycles. The van der Waals surface area contributed by atoms with Gasteiger partial charge in [0.2, 0.25) is 0 Å². The molecule has 4 nitrogen and oxygen atoms in total. The highest BCUT2D eigenvalue weighted by Crippen LogP contribution is 2.06. The van der Waals surface area contributed by atoms with E-state index in [0.717, 1.165) is 0 Å². The Morgan fingerprint density at radius 2 is 2.08 bits per heavy atom. The van der Waals surface area contributed by atoms with Crippen LogP contribution >= 0.6 is 0 Å². The molecule has 0 rings (SSSR count). The van der Waals surface area contributed by atoms with Crippen LogP contribution in [-0.2, 0) is 14.3 Å². The highest BCUT2D eigenvalue weighted by molar-refractivity contribution is 5.67. The standard InChI is InChI=1S/C8H14O4/c1-6(5-8(10)11)3-4-12-7(2)9/h6H,3-5H2,1-2H3,(H,10,11)/t6-/m0/s1. The maximum atomic E-state index is 10.3. The number of carboxylic acids is 1. The molecule has 0 aromatic rings. The molecule has 1 atom stereocenters. The first kappa shape index (κ1) is 10.9. The monoisotopic (exact) mass is 174 g/mol. The lowest BCUT2D eigenvalue weighted by Crippen LogP contribution is -2.09. The molecule has 0 aliphatic carbocycles. The van der Waals surface area contributed by atoms with Gasteiger partial charge in [0.05, 0.1) is 6.61 Å². The van der Waals surface area contributed by atoms with Crippen LogP contribution in [0.15, 0.2) is 0 Å². The first-order chi connectivity index (χ1) is 5.52. The Labute approximate surface area is 71.5 Å². The minimum atomic E-state index is -0.815.